The number of rotatable bonds is 7. The molecule has 0 saturated heterocycles. The summed E-state index contributed by atoms with van der Waals surface area (Å²) in [5.74, 6) is 0. The average Bonchev–Trinajstić information content (AvgIpc) is 2.61. The van der Waals surface area contributed by atoms with Crippen LogP contribution in [0.3, 0.4) is 0 Å². The van der Waals surface area contributed by atoms with Crippen molar-refractivity contribution in [3.63, 3.8) is 0 Å². The second kappa shape index (κ2) is 6.60. The van der Waals surface area contributed by atoms with Crippen molar-refractivity contribution in [1.29, 1.82) is 0 Å². The summed E-state index contributed by atoms with van der Waals surface area (Å²) >= 11 is 0. The molecule has 1 rings (SSSR count). The lowest BCUT2D eigenvalue weighted by Crippen LogP contribution is -1.94. The predicted octanol–water partition coefficient (Wildman–Crippen LogP) is 2.00. The molecule has 0 aliphatic heterocycles. The van der Waals surface area contributed by atoms with E-state index >= 15 is 0 Å². The Morgan fingerprint density at radius 3 is 2.93 bits per heavy atom. The van der Waals surface area contributed by atoms with Gasteiger partial charge in [-0.05, 0) is 6.42 Å². The number of aliphatic hydroxyl groups is 1. The fraction of sp³-hybridized carbons (Fsp3) is 0.727. The number of aryl methyl sites for hydroxylation is 1. The van der Waals surface area contributed by atoms with Crippen molar-refractivity contribution >= 4 is 0 Å². The number of imidazole rings is 1. The predicted molar refractivity (Wildman–Crippen MR) is 57.2 cm³/mol. The number of aromatic nitrogens is 2. The van der Waals surface area contributed by atoms with Crippen molar-refractivity contribution in [2.45, 2.75) is 45.6 Å². The molecule has 14 heavy (non-hydrogen) atoms. The van der Waals surface area contributed by atoms with Crippen molar-refractivity contribution in [2.75, 3.05) is 6.61 Å². The van der Waals surface area contributed by atoms with Crippen LogP contribution < -0.4 is 0 Å². The van der Waals surface area contributed by atoms with Crippen molar-refractivity contribution in [2.24, 2.45) is 0 Å². The minimum absolute atomic E-state index is 0.187. The molecular formula is C11H20N2O. The van der Waals surface area contributed by atoms with E-state index in [1.165, 1.54) is 25.7 Å². The third-order valence-corrected chi connectivity index (χ3v) is 2.32. The zero-order chi connectivity index (χ0) is 10.2. The van der Waals surface area contributed by atoms with Gasteiger partial charge in [-0.3, -0.25) is 0 Å². The first-order valence-electron chi connectivity index (χ1n) is 5.48. The first-order chi connectivity index (χ1) is 6.86. The lowest BCUT2D eigenvalue weighted by molar-refractivity contribution is 0.298. The van der Waals surface area contributed by atoms with Crippen LogP contribution in [0.25, 0.3) is 0 Å². The van der Waals surface area contributed by atoms with Gasteiger partial charge in [-0.15, -0.1) is 0 Å². The van der Waals surface area contributed by atoms with E-state index in [4.69, 9.17) is 5.11 Å². The molecule has 80 valence electrons. The van der Waals surface area contributed by atoms with Crippen molar-refractivity contribution < 1.29 is 5.11 Å². The molecule has 0 aliphatic carbocycles. The van der Waals surface area contributed by atoms with Gasteiger partial charge in [0.05, 0.1) is 12.0 Å². The minimum atomic E-state index is 0.187. The van der Waals surface area contributed by atoms with Gasteiger partial charge in [0.15, 0.2) is 0 Å². The number of hydrogen-bond acceptors (Lipinski definition) is 2. The Morgan fingerprint density at radius 1 is 1.36 bits per heavy atom. The zero-order valence-electron chi connectivity index (χ0n) is 8.95. The Morgan fingerprint density at radius 2 is 2.21 bits per heavy atom. The molecule has 0 aliphatic rings. The maximum Gasteiger partial charge on any atom is 0.0949 e. The summed E-state index contributed by atoms with van der Waals surface area (Å²) in [4.78, 5) is 4.21. The highest BCUT2D eigenvalue weighted by atomic mass is 16.3. The lowest BCUT2D eigenvalue weighted by atomic mass is 10.2. The fourth-order valence-corrected chi connectivity index (χ4v) is 1.49. The van der Waals surface area contributed by atoms with Crippen LogP contribution in [0.2, 0.25) is 0 Å². The summed E-state index contributed by atoms with van der Waals surface area (Å²) in [6.07, 6.45) is 9.67. The molecule has 3 nitrogen and oxygen atoms in total. The topological polar surface area (TPSA) is 38.0 Å². The molecule has 0 aromatic carbocycles. The first-order valence-corrected chi connectivity index (χ1v) is 5.48. The molecule has 1 aromatic heterocycles. The van der Waals surface area contributed by atoms with Crippen LogP contribution in [0.1, 0.15) is 38.3 Å². The van der Waals surface area contributed by atoms with Crippen LogP contribution in [0.15, 0.2) is 12.5 Å². The minimum Gasteiger partial charge on any atom is -0.396 e. The Kier molecular flexibility index (Phi) is 5.30. The van der Waals surface area contributed by atoms with E-state index in [0.29, 0.717) is 6.42 Å². The quantitative estimate of drug-likeness (QED) is 0.677. The maximum absolute atomic E-state index is 8.73. The van der Waals surface area contributed by atoms with Gasteiger partial charge in [-0.1, -0.05) is 26.2 Å². The highest BCUT2D eigenvalue weighted by Crippen LogP contribution is 2.03. The highest BCUT2D eigenvalue weighted by Gasteiger charge is 1.97. The smallest absolute Gasteiger partial charge is 0.0949 e. The van der Waals surface area contributed by atoms with E-state index in [9.17, 15) is 0 Å². The molecule has 1 heterocycles. The lowest BCUT2D eigenvalue weighted by Gasteiger charge is -2.00. The monoisotopic (exact) mass is 196 g/mol. The van der Waals surface area contributed by atoms with Gasteiger partial charge in [0, 0.05) is 25.8 Å². The van der Waals surface area contributed by atoms with Crippen molar-refractivity contribution in [1.82, 2.24) is 9.55 Å². The summed E-state index contributed by atoms with van der Waals surface area (Å²) in [5.41, 5.74) is 0.989. The first kappa shape index (κ1) is 11.2. The van der Waals surface area contributed by atoms with E-state index in [-0.39, 0.29) is 6.61 Å². The SMILES string of the molecule is CCCCCCn1cnc(CCO)c1. The Labute approximate surface area is 85.8 Å². The van der Waals surface area contributed by atoms with Gasteiger partial charge < -0.3 is 9.67 Å². The normalized spacial score (nSPS) is 10.7. The average molecular weight is 196 g/mol. The maximum atomic E-state index is 8.73. The van der Waals surface area contributed by atoms with Gasteiger partial charge >= 0.3 is 0 Å². The summed E-state index contributed by atoms with van der Waals surface area (Å²) in [6.45, 7) is 3.46. The van der Waals surface area contributed by atoms with Crippen LogP contribution in [-0.4, -0.2) is 21.3 Å². The molecule has 0 radical (unpaired) electrons. The molecule has 0 saturated carbocycles. The van der Waals surface area contributed by atoms with Gasteiger partial charge in [-0.2, -0.15) is 0 Å². The third-order valence-electron chi connectivity index (χ3n) is 2.32. The standard InChI is InChI=1S/C11H20N2O/c1-2-3-4-5-7-13-9-11(6-8-14)12-10-13/h9-10,14H,2-8H2,1H3. The number of hydrogen-bond donors (Lipinski definition) is 1. The molecule has 0 fully saturated rings. The Bertz CT molecular complexity index is 245. The molecule has 0 unspecified atom stereocenters. The van der Waals surface area contributed by atoms with E-state index < -0.39 is 0 Å². The molecule has 0 spiro atoms. The van der Waals surface area contributed by atoms with E-state index in [1.807, 2.05) is 12.5 Å². The number of nitrogens with zero attached hydrogens (tertiary/aromatic N) is 2. The van der Waals surface area contributed by atoms with E-state index in [2.05, 4.69) is 16.5 Å². The van der Waals surface area contributed by atoms with Crippen LogP contribution >= 0.6 is 0 Å². The van der Waals surface area contributed by atoms with Crippen LogP contribution in [0.5, 0.6) is 0 Å². The van der Waals surface area contributed by atoms with Gasteiger partial charge in [-0.25, -0.2) is 4.98 Å². The molecule has 1 N–H and O–H groups in total. The molecule has 0 amide bonds. The van der Waals surface area contributed by atoms with Gasteiger partial charge in [0.25, 0.3) is 0 Å². The number of aliphatic hydroxyl groups excluding tert-OH is 1. The molecule has 0 atom stereocenters. The van der Waals surface area contributed by atoms with Crippen molar-refractivity contribution in [3.8, 4) is 0 Å². The molecule has 1 aromatic rings. The summed E-state index contributed by atoms with van der Waals surface area (Å²) in [5, 5.41) is 8.73. The van der Waals surface area contributed by atoms with Gasteiger partial charge in [0.2, 0.25) is 0 Å². The fourth-order valence-electron chi connectivity index (χ4n) is 1.49. The van der Waals surface area contributed by atoms with E-state index in [0.717, 1.165) is 12.2 Å². The second-order valence-corrected chi connectivity index (χ2v) is 3.64. The molecule has 0 bridgehead atoms. The second-order valence-electron chi connectivity index (χ2n) is 3.64. The van der Waals surface area contributed by atoms with Gasteiger partial charge in [0.1, 0.15) is 0 Å². The largest absolute Gasteiger partial charge is 0.396 e. The summed E-state index contributed by atoms with van der Waals surface area (Å²) < 4.78 is 2.11. The van der Waals surface area contributed by atoms with Crippen LogP contribution in [-0.2, 0) is 13.0 Å². The number of unbranched alkanes of at least 4 members (excludes halogenated alkanes) is 3. The van der Waals surface area contributed by atoms with E-state index in [1.54, 1.807) is 0 Å². The molecular weight excluding hydrogens is 176 g/mol. The Hall–Kier alpha value is -0.830. The summed E-state index contributed by atoms with van der Waals surface area (Å²) in [6, 6.07) is 0. The zero-order valence-corrected chi connectivity index (χ0v) is 8.95. The van der Waals surface area contributed by atoms with Crippen molar-refractivity contribution in [3.05, 3.63) is 18.2 Å². The molecule has 3 heteroatoms. The van der Waals surface area contributed by atoms with Crippen LogP contribution in [0.4, 0.5) is 0 Å². The third kappa shape index (κ3) is 3.92. The highest BCUT2D eigenvalue weighted by molar-refractivity contribution is 4.96. The Balaban J connectivity index is 2.22. The van der Waals surface area contributed by atoms with Crippen LogP contribution in [0, 0.1) is 0 Å². The summed E-state index contributed by atoms with van der Waals surface area (Å²) in [7, 11) is 0.